The molecule has 2 N–H and O–H groups in total. The number of rotatable bonds is 6. The van der Waals surface area contributed by atoms with Gasteiger partial charge in [-0.25, -0.2) is 17.5 Å². The third-order valence-electron chi connectivity index (χ3n) is 5.27. The first-order valence-corrected chi connectivity index (χ1v) is 11.1. The van der Waals surface area contributed by atoms with Crippen molar-refractivity contribution >= 4 is 21.6 Å². The maximum atomic E-state index is 14.3. The number of hydrogen-bond acceptors (Lipinski definition) is 4. The quantitative estimate of drug-likeness (QED) is 0.741. The fourth-order valence-corrected chi connectivity index (χ4v) is 4.95. The highest BCUT2D eigenvalue weighted by Gasteiger charge is 2.28. The zero-order valence-electron chi connectivity index (χ0n) is 16.4. The molecule has 0 unspecified atom stereocenters. The molecule has 2 aromatic rings. The highest BCUT2D eigenvalue weighted by atomic mass is 32.2. The Balaban J connectivity index is 1.84. The van der Waals surface area contributed by atoms with Crippen LogP contribution in [0.2, 0.25) is 0 Å². The summed E-state index contributed by atoms with van der Waals surface area (Å²) < 4.78 is 47.8. The van der Waals surface area contributed by atoms with E-state index in [4.69, 9.17) is 4.74 Å². The zero-order chi connectivity index (χ0) is 21.0. The van der Waals surface area contributed by atoms with E-state index in [-0.39, 0.29) is 22.4 Å². The van der Waals surface area contributed by atoms with Crippen molar-refractivity contribution in [2.24, 2.45) is 5.92 Å². The smallest absolute Gasteiger partial charge is 0.258 e. The van der Waals surface area contributed by atoms with Crippen LogP contribution in [0.1, 0.15) is 43.0 Å². The Hall–Kier alpha value is -2.45. The number of nitrogens with one attached hydrogen (secondary N) is 2. The molecule has 0 aromatic heterocycles. The van der Waals surface area contributed by atoms with Crippen LogP contribution in [-0.2, 0) is 10.0 Å². The molecule has 1 amide bonds. The number of anilines is 1. The lowest BCUT2D eigenvalue weighted by Gasteiger charge is -2.29. The van der Waals surface area contributed by atoms with Crippen LogP contribution in [0.15, 0.2) is 47.4 Å². The molecule has 156 valence electrons. The van der Waals surface area contributed by atoms with Gasteiger partial charge >= 0.3 is 0 Å². The monoisotopic (exact) mass is 420 g/mol. The van der Waals surface area contributed by atoms with E-state index in [0.29, 0.717) is 11.4 Å². The Kier molecular flexibility index (Phi) is 6.54. The predicted molar refractivity (Wildman–Crippen MR) is 109 cm³/mol. The average Bonchev–Trinajstić information content (AvgIpc) is 2.70. The summed E-state index contributed by atoms with van der Waals surface area (Å²) in [6, 6.07) is 9.77. The zero-order valence-corrected chi connectivity index (χ0v) is 17.3. The molecule has 2 atom stereocenters. The van der Waals surface area contributed by atoms with Crippen LogP contribution in [0, 0.1) is 11.7 Å². The third kappa shape index (κ3) is 4.94. The van der Waals surface area contributed by atoms with E-state index >= 15 is 0 Å². The SMILES string of the molecule is COc1ccccc1NC(=O)c1cc(S(=O)(=O)N[C@H]2CCCC[C@@H]2C)ccc1F. The van der Waals surface area contributed by atoms with Crippen molar-refractivity contribution in [3.63, 3.8) is 0 Å². The van der Waals surface area contributed by atoms with Crippen molar-refractivity contribution in [1.82, 2.24) is 4.72 Å². The number of benzene rings is 2. The first-order chi connectivity index (χ1) is 13.8. The fourth-order valence-electron chi connectivity index (χ4n) is 3.54. The average molecular weight is 421 g/mol. The van der Waals surface area contributed by atoms with Gasteiger partial charge in [0.05, 0.1) is 23.3 Å². The third-order valence-corrected chi connectivity index (χ3v) is 6.75. The van der Waals surface area contributed by atoms with Gasteiger partial charge in [0.15, 0.2) is 0 Å². The summed E-state index contributed by atoms with van der Waals surface area (Å²) >= 11 is 0. The van der Waals surface area contributed by atoms with Crippen LogP contribution in [0.5, 0.6) is 5.75 Å². The van der Waals surface area contributed by atoms with Gasteiger partial charge in [0.1, 0.15) is 11.6 Å². The second kappa shape index (κ2) is 8.92. The Bertz CT molecular complexity index is 994. The molecule has 1 aliphatic rings. The number of carbonyl (C=O) groups is 1. The molecule has 0 radical (unpaired) electrons. The van der Waals surface area contributed by atoms with Crippen molar-refractivity contribution in [2.45, 2.75) is 43.5 Å². The molecule has 1 aliphatic carbocycles. The largest absolute Gasteiger partial charge is 0.495 e. The van der Waals surface area contributed by atoms with Gasteiger partial charge in [0.25, 0.3) is 5.91 Å². The van der Waals surface area contributed by atoms with Gasteiger partial charge in [-0.05, 0) is 49.1 Å². The normalized spacial score (nSPS) is 19.6. The van der Waals surface area contributed by atoms with E-state index in [2.05, 4.69) is 10.0 Å². The van der Waals surface area contributed by atoms with Gasteiger partial charge < -0.3 is 10.1 Å². The van der Waals surface area contributed by atoms with Crippen LogP contribution in [-0.4, -0.2) is 27.5 Å². The molecule has 0 saturated heterocycles. The van der Waals surface area contributed by atoms with Crippen molar-refractivity contribution < 1.29 is 22.3 Å². The second-order valence-corrected chi connectivity index (χ2v) is 9.00. The van der Waals surface area contributed by atoms with Gasteiger partial charge in [0, 0.05) is 6.04 Å². The molecule has 1 saturated carbocycles. The Morgan fingerprint density at radius 1 is 1.14 bits per heavy atom. The Labute approximate surface area is 170 Å². The first-order valence-electron chi connectivity index (χ1n) is 9.58. The topological polar surface area (TPSA) is 84.5 Å². The number of ether oxygens (including phenoxy) is 1. The minimum Gasteiger partial charge on any atom is -0.495 e. The van der Waals surface area contributed by atoms with Crippen molar-refractivity contribution in [3.8, 4) is 5.75 Å². The number of amides is 1. The maximum Gasteiger partial charge on any atom is 0.258 e. The maximum absolute atomic E-state index is 14.3. The minimum atomic E-state index is -3.87. The predicted octanol–water partition coefficient (Wildman–Crippen LogP) is 3.94. The van der Waals surface area contributed by atoms with Gasteiger partial charge in [-0.2, -0.15) is 0 Å². The lowest BCUT2D eigenvalue weighted by molar-refractivity contribution is 0.102. The molecule has 29 heavy (non-hydrogen) atoms. The van der Waals surface area contributed by atoms with Crippen LogP contribution in [0.4, 0.5) is 10.1 Å². The minimum absolute atomic E-state index is 0.137. The van der Waals surface area contributed by atoms with Gasteiger partial charge in [-0.3, -0.25) is 4.79 Å². The summed E-state index contributed by atoms with van der Waals surface area (Å²) in [6.07, 6.45) is 3.78. The van der Waals surface area contributed by atoms with E-state index in [0.717, 1.165) is 37.8 Å². The Morgan fingerprint density at radius 3 is 2.59 bits per heavy atom. The summed E-state index contributed by atoms with van der Waals surface area (Å²) in [7, 11) is -2.42. The highest BCUT2D eigenvalue weighted by molar-refractivity contribution is 7.89. The summed E-state index contributed by atoms with van der Waals surface area (Å²) in [6.45, 7) is 2.02. The van der Waals surface area contributed by atoms with Crippen molar-refractivity contribution in [3.05, 3.63) is 53.8 Å². The lowest BCUT2D eigenvalue weighted by Crippen LogP contribution is -2.41. The molecule has 3 rings (SSSR count). The molecule has 0 aliphatic heterocycles. The standard InChI is InChI=1S/C21H25FN2O4S/c1-14-7-3-4-8-18(14)24-29(26,27)15-11-12-17(22)16(13-15)21(25)23-19-9-5-6-10-20(19)28-2/h5-6,9-14,18,24H,3-4,7-8H2,1-2H3,(H,23,25)/t14-,18-/m0/s1. The van der Waals surface area contributed by atoms with Crippen molar-refractivity contribution in [1.29, 1.82) is 0 Å². The second-order valence-electron chi connectivity index (χ2n) is 7.29. The van der Waals surface area contributed by atoms with E-state index in [1.165, 1.54) is 13.2 Å². The fraction of sp³-hybridized carbons (Fsp3) is 0.381. The van der Waals surface area contributed by atoms with Gasteiger partial charge in [-0.15, -0.1) is 0 Å². The highest BCUT2D eigenvalue weighted by Crippen LogP contribution is 2.27. The number of para-hydroxylation sites is 2. The summed E-state index contributed by atoms with van der Waals surface area (Å²) in [5, 5.41) is 2.57. The van der Waals surface area contributed by atoms with Crippen LogP contribution in [0.3, 0.4) is 0 Å². The van der Waals surface area contributed by atoms with E-state index in [1.54, 1.807) is 24.3 Å². The van der Waals surface area contributed by atoms with Crippen LogP contribution >= 0.6 is 0 Å². The van der Waals surface area contributed by atoms with Crippen LogP contribution < -0.4 is 14.8 Å². The number of methoxy groups -OCH3 is 1. The molecule has 2 aromatic carbocycles. The molecule has 1 fully saturated rings. The van der Waals surface area contributed by atoms with E-state index in [1.807, 2.05) is 6.92 Å². The number of hydrogen-bond donors (Lipinski definition) is 2. The molecular formula is C21H25FN2O4S. The molecule has 6 nitrogen and oxygen atoms in total. The molecule has 8 heteroatoms. The van der Waals surface area contributed by atoms with Gasteiger partial charge in [-0.1, -0.05) is 31.9 Å². The molecule has 0 heterocycles. The number of halogens is 1. The summed E-state index contributed by atoms with van der Waals surface area (Å²) in [5.41, 5.74) is 0.0114. The Morgan fingerprint density at radius 2 is 1.86 bits per heavy atom. The van der Waals surface area contributed by atoms with Crippen molar-refractivity contribution in [2.75, 3.05) is 12.4 Å². The van der Waals surface area contributed by atoms with Crippen LogP contribution in [0.25, 0.3) is 0 Å². The number of sulfonamides is 1. The van der Waals surface area contributed by atoms with E-state index in [9.17, 15) is 17.6 Å². The molecule has 0 spiro atoms. The number of carbonyl (C=O) groups excluding carboxylic acids is 1. The lowest BCUT2D eigenvalue weighted by atomic mass is 9.87. The summed E-state index contributed by atoms with van der Waals surface area (Å²) in [5.74, 6) is -0.914. The van der Waals surface area contributed by atoms with E-state index < -0.39 is 21.7 Å². The first kappa shape index (κ1) is 21.3. The summed E-state index contributed by atoms with van der Waals surface area (Å²) in [4.78, 5) is 12.5. The molecule has 0 bridgehead atoms. The van der Waals surface area contributed by atoms with Gasteiger partial charge in [0.2, 0.25) is 10.0 Å². The molecular weight excluding hydrogens is 395 g/mol.